The van der Waals surface area contributed by atoms with Crippen molar-refractivity contribution in [2.45, 2.75) is 52.0 Å². The number of hydrogen-bond acceptors (Lipinski definition) is 6. The maximum absolute atomic E-state index is 5.86. The van der Waals surface area contributed by atoms with Crippen molar-refractivity contribution < 1.29 is 9.15 Å². The second kappa shape index (κ2) is 6.09. The number of hydrogen-bond donors (Lipinski definition) is 0. The van der Waals surface area contributed by atoms with Crippen LogP contribution in [0.25, 0.3) is 0 Å². The van der Waals surface area contributed by atoms with Crippen molar-refractivity contribution in [2.24, 2.45) is 5.92 Å². The van der Waals surface area contributed by atoms with E-state index in [0.717, 1.165) is 49.1 Å². The Morgan fingerprint density at radius 1 is 1.28 bits per heavy atom. The van der Waals surface area contributed by atoms with Crippen LogP contribution in [0, 0.1) is 26.7 Å². The second-order valence-corrected chi connectivity index (χ2v) is 7.62. The van der Waals surface area contributed by atoms with Crippen LogP contribution in [0.5, 0.6) is 5.88 Å². The number of nitrogens with zero attached hydrogens (tertiary/aromatic N) is 4. The molecular weight excluding hydrogens is 316 g/mol. The maximum atomic E-state index is 5.86. The number of pyridine rings is 1. The van der Waals surface area contributed by atoms with Crippen molar-refractivity contribution in [2.75, 3.05) is 20.2 Å². The van der Waals surface area contributed by atoms with E-state index in [-0.39, 0.29) is 5.41 Å². The van der Waals surface area contributed by atoms with E-state index in [1.807, 2.05) is 13.8 Å². The third kappa shape index (κ3) is 2.72. The summed E-state index contributed by atoms with van der Waals surface area (Å²) in [6, 6.07) is 2.16. The number of rotatable bonds is 4. The largest absolute Gasteiger partial charge is 0.481 e. The summed E-state index contributed by atoms with van der Waals surface area (Å²) in [7, 11) is 1.68. The molecule has 2 fully saturated rings. The van der Waals surface area contributed by atoms with Gasteiger partial charge in [0.1, 0.15) is 0 Å². The molecule has 0 bridgehead atoms. The van der Waals surface area contributed by atoms with E-state index in [0.29, 0.717) is 11.8 Å². The predicted octanol–water partition coefficient (Wildman–Crippen LogP) is 2.95. The monoisotopic (exact) mass is 342 g/mol. The molecule has 0 amide bonds. The molecule has 1 aliphatic heterocycles. The predicted molar refractivity (Wildman–Crippen MR) is 93.6 cm³/mol. The van der Waals surface area contributed by atoms with Gasteiger partial charge in [0.25, 0.3) is 0 Å². The third-order valence-corrected chi connectivity index (χ3v) is 5.92. The van der Waals surface area contributed by atoms with Gasteiger partial charge >= 0.3 is 0 Å². The first-order valence-electron chi connectivity index (χ1n) is 9.06. The summed E-state index contributed by atoms with van der Waals surface area (Å²) in [6.45, 7) is 8.91. The van der Waals surface area contributed by atoms with Crippen LogP contribution in [0.1, 0.15) is 47.9 Å². The van der Waals surface area contributed by atoms with Crippen molar-refractivity contribution in [3.05, 3.63) is 34.7 Å². The number of likely N-dealkylation sites (tertiary alicyclic amines) is 1. The molecule has 4 rings (SSSR count). The summed E-state index contributed by atoms with van der Waals surface area (Å²) in [5.74, 6) is 2.82. The Balaban J connectivity index is 1.58. The molecule has 2 aromatic heterocycles. The standard InChI is InChI=1S/C19H26N4O2/c1-12-8-13(2)17(24-4)20-16(12)10-23-9-15-6-5-7-19(15,11-23)18-22-21-14(3)25-18/h8,15H,5-7,9-11H2,1-4H3/t15-,19-/m0/s1. The summed E-state index contributed by atoms with van der Waals surface area (Å²) in [5, 5.41) is 8.46. The van der Waals surface area contributed by atoms with Gasteiger partial charge in [-0.3, -0.25) is 4.90 Å². The molecule has 0 spiro atoms. The molecular formula is C19H26N4O2. The van der Waals surface area contributed by atoms with Crippen molar-refractivity contribution in [3.63, 3.8) is 0 Å². The van der Waals surface area contributed by atoms with Gasteiger partial charge in [-0.1, -0.05) is 6.42 Å². The Labute approximate surface area is 148 Å². The molecule has 6 nitrogen and oxygen atoms in total. The van der Waals surface area contributed by atoms with E-state index >= 15 is 0 Å². The zero-order chi connectivity index (χ0) is 17.6. The highest BCUT2D eigenvalue weighted by Gasteiger charge is 2.53. The summed E-state index contributed by atoms with van der Waals surface area (Å²) < 4.78 is 11.3. The van der Waals surface area contributed by atoms with E-state index < -0.39 is 0 Å². The zero-order valence-electron chi connectivity index (χ0n) is 15.5. The number of fused-ring (bicyclic) bond motifs is 1. The Morgan fingerprint density at radius 2 is 2.12 bits per heavy atom. The molecule has 1 saturated carbocycles. The first-order valence-corrected chi connectivity index (χ1v) is 9.06. The fourth-order valence-corrected chi connectivity index (χ4v) is 4.71. The van der Waals surface area contributed by atoms with Crippen LogP contribution in [-0.2, 0) is 12.0 Å². The van der Waals surface area contributed by atoms with Crippen molar-refractivity contribution in [3.8, 4) is 5.88 Å². The number of ether oxygens (including phenoxy) is 1. The molecule has 0 N–H and O–H groups in total. The molecule has 0 radical (unpaired) electrons. The first-order chi connectivity index (χ1) is 12.0. The zero-order valence-corrected chi connectivity index (χ0v) is 15.5. The van der Waals surface area contributed by atoms with Gasteiger partial charge in [-0.05, 0) is 44.2 Å². The van der Waals surface area contributed by atoms with Crippen LogP contribution in [0.2, 0.25) is 0 Å². The van der Waals surface area contributed by atoms with Crippen molar-refractivity contribution in [1.82, 2.24) is 20.1 Å². The van der Waals surface area contributed by atoms with Gasteiger partial charge in [0.05, 0.1) is 18.2 Å². The molecule has 1 saturated heterocycles. The smallest absolute Gasteiger partial charge is 0.224 e. The molecule has 0 unspecified atom stereocenters. The Kier molecular flexibility index (Phi) is 4.02. The lowest BCUT2D eigenvalue weighted by Gasteiger charge is -2.24. The lowest BCUT2D eigenvalue weighted by Crippen LogP contribution is -2.32. The Bertz CT molecular complexity index is 788. The molecule has 3 heterocycles. The molecule has 1 aliphatic carbocycles. The normalized spacial score (nSPS) is 26.2. The SMILES string of the molecule is COc1nc(CN2C[C@@H]3CCC[C@]3(c3nnc(C)o3)C2)c(C)cc1C. The van der Waals surface area contributed by atoms with Gasteiger partial charge < -0.3 is 9.15 Å². The molecule has 2 aromatic rings. The van der Waals surface area contributed by atoms with Gasteiger partial charge in [0.2, 0.25) is 17.7 Å². The van der Waals surface area contributed by atoms with Crippen LogP contribution in [0.15, 0.2) is 10.5 Å². The van der Waals surface area contributed by atoms with Crippen molar-refractivity contribution in [1.29, 1.82) is 0 Å². The minimum absolute atomic E-state index is 0.0317. The van der Waals surface area contributed by atoms with Crippen LogP contribution >= 0.6 is 0 Å². The highest BCUT2D eigenvalue weighted by Crippen LogP contribution is 2.50. The average molecular weight is 342 g/mol. The summed E-state index contributed by atoms with van der Waals surface area (Å²) in [6.07, 6.45) is 3.62. The third-order valence-electron chi connectivity index (χ3n) is 5.92. The molecule has 25 heavy (non-hydrogen) atoms. The van der Waals surface area contributed by atoms with Crippen LogP contribution in [0.3, 0.4) is 0 Å². The highest BCUT2D eigenvalue weighted by atomic mass is 16.5. The number of aryl methyl sites for hydroxylation is 3. The molecule has 2 atom stereocenters. The highest BCUT2D eigenvalue weighted by molar-refractivity contribution is 5.33. The Hall–Kier alpha value is -1.95. The van der Waals surface area contributed by atoms with Gasteiger partial charge in [0.15, 0.2) is 0 Å². The molecule has 6 heteroatoms. The summed E-state index contributed by atoms with van der Waals surface area (Å²) in [4.78, 5) is 7.23. The number of methoxy groups -OCH3 is 1. The fraction of sp³-hybridized carbons (Fsp3) is 0.632. The van der Waals surface area contributed by atoms with Gasteiger partial charge in [-0.25, -0.2) is 4.98 Å². The van der Waals surface area contributed by atoms with E-state index in [2.05, 4.69) is 28.1 Å². The Morgan fingerprint density at radius 3 is 2.84 bits per heavy atom. The summed E-state index contributed by atoms with van der Waals surface area (Å²) >= 11 is 0. The van der Waals surface area contributed by atoms with Gasteiger partial charge in [0, 0.05) is 32.1 Å². The van der Waals surface area contributed by atoms with Gasteiger partial charge in [-0.15, -0.1) is 10.2 Å². The topological polar surface area (TPSA) is 64.3 Å². The average Bonchev–Trinajstić information content (AvgIpc) is 3.24. The molecule has 134 valence electrons. The molecule has 2 aliphatic rings. The quantitative estimate of drug-likeness (QED) is 0.851. The van der Waals surface area contributed by atoms with Gasteiger partial charge in [-0.2, -0.15) is 0 Å². The fourth-order valence-electron chi connectivity index (χ4n) is 4.71. The minimum atomic E-state index is 0.0317. The minimum Gasteiger partial charge on any atom is -0.481 e. The van der Waals surface area contributed by atoms with Crippen LogP contribution in [-0.4, -0.2) is 40.3 Å². The van der Waals surface area contributed by atoms with E-state index in [1.54, 1.807) is 7.11 Å². The first kappa shape index (κ1) is 16.5. The lowest BCUT2D eigenvalue weighted by molar-refractivity contribution is 0.262. The lowest BCUT2D eigenvalue weighted by atomic mass is 9.80. The maximum Gasteiger partial charge on any atom is 0.224 e. The van der Waals surface area contributed by atoms with Crippen LogP contribution < -0.4 is 4.74 Å². The van der Waals surface area contributed by atoms with Crippen molar-refractivity contribution >= 4 is 0 Å². The van der Waals surface area contributed by atoms with E-state index in [4.69, 9.17) is 14.1 Å². The molecule has 0 aromatic carbocycles. The van der Waals surface area contributed by atoms with E-state index in [1.165, 1.54) is 18.4 Å². The van der Waals surface area contributed by atoms with E-state index in [9.17, 15) is 0 Å². The van der Waals surface area contributed by atoms with Crippen LogP contribution in [0.4, 0.5) is 0 Å². The number of aromatic nitrogens is 3. The second-order valence-electron chi connectivity index (χ2n) is 7.62. The summed E-state index contributed by atoms with van der Waals surface area (Å²) in [5.41, 5.74) is 3.43.